The van der Waals surface area contributed by atoms with E-state index in [4.69, 9.17) is 16.3 Å². The van der Waals surface area contributed by atoms with Crippen molar-refractivity contribution in [1.29, 1.82) is 0 Å². The third-order valence-corrected chi connectivity index (χ3v) is 2.96. The molecule has 8 heteroatoms. The molecule has 0 spiro atoms. The Balaban J connectivity index is 2.52. The van der Waals surface area contributed by atoms with Crippen LogP contribution in [-0.4, -0.2) is 4.92 Å². The first kappa shape index (κ1) is 14.7. The van der Waals surface area contributed by atoms with E-state index in [2.05, 4.69) is 15.9 Å². The minimum Gasteiger partial charge on any atom is -0.447 e. The number of nitrogens with zero attached hydrogens (tertiary/aromatic N) is 1. The van der Waals surface area contributed by atoms with Gasteiger partial charge in [-0.3, -0.25) is 10.1 Å². The van der Waals surface area contributed by atoms with Crippen LogP contribution in [0.4, 0.5) is 14.5 Å². The van der Waals surface area contributed by atoms with E-state index in [9.17, 15) is 18.9 Å². The highest BCUT2D eigenvalue weighted by molar-refractivity contribution is 9.10. The summed E-state index contributed by atoms with van der Waals surface area (Å²) < 4.78 is 32.4. The molecule has 0 aliphatic heterocycles. The van der Waals surface area contributed by atoms with Crippen LogP contribution in [0.25, 0.3) is 0 Å². The highest BCUT2D eigenvalue weighted by Crippen LogP contribution is 2.36. The molecular formula is C12H5BrClF2NO3. The van der Waals surface area contributed by atoms with Gasteiger partial charge in [0.25, 0.3) is 0 Å². The number of hydrogen-bond acceptors (Lipinski definition) is 3. The lowest BCUT2D eigenvalue weighted by molar-refractivity contribution is -0.385. The van der Waals surface area contributed by atoms with Gasteiger partial charge in [0.05, 0.1) is 4.92 Å². The van der Waals surface area contributed by atoms with Crippen molar-refractivity contribution >= 4 is 33.2 Å². The molecule has 0 heterocycles. The van der Waals surface area contributed by atoms with Gasteiger partial charge in [-0.1, -0.05) is 27.5 Å². The van der Waals surface area contributed by atoms with Crippen LogP contribution in [0, 0.1) is 21.7 Å². The van der Waals surface area contributed by atoms with Gasteiger partial charge in [-0.15, -0.1) is 0 Å². The van der Waals surface area contributed by atoms with Gasteiger partial charge in [-0.2, -0.15) is 4.39 Å². The average molecular weight is 365 g/mol. The highest BCUT2D eigenvalue weighted by Gasteiger charge is 2.24. The minimum atomic E-state index is -1.43. The van der Waals surface area contributed by atoms with Gasteiger partial charge in [-0.25, -0.2) is 4.39 Å². The van der Waals surface area contributed by atoms with Gasteiger partial charge in [0.15, 0.2) is 5.82 Å². The Bertz CT molecular complexity index is 676. The second-order valence-corrected chi connectivity index (χ2v) is 5.03. The molecule has 0 N–H and O–H groups in total. The molecule has 20 heavy (non-hydrogen) atoms. The maximum Gasteiger partial charge on any atom is 0.314 e. The summed E-state index contributed by atoms with van der Waals surface area (Å²) >= 11 is 8.92. The molecular weight excluding hydrogens is 359 g/mol. The number of halogens is 4. The second kappa shape index (κ2) is 5.72. The molecule has 0 fully saturated rings. The van der Waals surface area contributed by atoms with Crippen LogP contribution in [0.1, 0.15) is 0 Å². The summed E-state index contributed by atoms with van der Waals surface area (Å²) in [5, 5.41) is 11.1. The van der Waals surface area contributed by atoms with Gasteiger partial charge in [0.1, 0.15) is 5.75 Å². The predicted molar refractivity (Wildman–Crippen MR) is 72.2 cm³/mol. The molecule has 0 unspecified atom stereocenters. The number of benzene rings is 2. The molecule has 104 valence electrons. The van der Waals surface area contributed by atoms with E-state index in [1.165, 1.54) is 12.1 Å². The van der Waals surface area contributed by atoms with Crippen LogP contribution < -0.4 is 4.74 Å². The van der Waals surface area contributed by atoms with Gasteiger partial charge in [0, 0.05) is 15.6 Å². The Hall–Kier alpha value is -1.73. The zero-order valence-electron chi connectivity index (χ0n) is 9.57. The molecule has 0 radical (unpaired) electrons. The fraction of sp³-hybridized carbons (Fsp3) is 0. The van der Waals surface area contributed by atoms with Crippen molar-refractivity contribution in [1.82, 2.24) is 0 Å². The molecule has 4 nitrogen and oxygen atoms in total. The second-order valence-electron chi connectivity index (χ2n) is 3.67. The third kappa shape index (κ3) is 3.05. The third-order valence-electron chi connectivity index (χ3n) is 2.28. The first-order chi connectivity index (χ1) is 9.38. The largest absolute Gasteiger partial charge is 0.447 e. The first-order valence-corrected chi connectivity index (χ1v) is 6.32. The lowest BCUT2D eigenvalue weighted by Crippen LogP contribution is -1.98. The minimum absolute atomic E-state index is 0.0389. The van der Waals surface area contributed by atoms with Crippen molar-refractivity contribution in [3.63, 3.8) is 0 Å². The lowest BCUT2D eigenvalue weighted by atomic mass is 10.2. The Labute approximate surface area is 125 Å². The molecule has 0 amide bonds. The zero-order chi connectivity index (χ0) is 14.9. The number of rotatable bonds is 3. The zero-order valence-corrected chi connectivity index (χ0v) is 11.9. The van der Waals surface area contributed by atoms with Crippen molar-refractivity contribution < 1.29 is 18.4 Å². The van der Waals surface area contributed by atoms with Crippen molar-refractivity contribution in [3.05, 3.63) is 61.6 Å². The van der Waals surface area contributed by atoms with E-state index in [1.54, 1.807) is 6.07 Å². The summed E-state index contributed by atoms with van der Waals surface area (Å²) in [6.07, 6.45) is 0. The fourth-order valence-electron chi connectivity index (χ4n) is 1.47. The van der Waals surface area contributed by atoms with E-state index in [0.717, 1.165) is 6.07 Å². The summed E-state index contributed by atoms with van der Waals surface area (Å²) in [5.41, 5.74) is -0.681. The summed E-state index contributed by atoms with van der Waals surface area (Å²) in [7, 11) is 0. The SMILES string of the molecule is O=[N+]([O-])c1ccc(F)c(F)c1Oc1cc(Cl)cc(Br)c1. The molecule has 0 atom stereocenters. The average Bonchev–Trinajstić information content (AvgIpc) is 2.33. The van der Waals surface area contributed by atoms with Crippen molar-refractivity contribution in [2.75, 3.05) is 0 Å². The standard InChI is InChI=1S/C12H5BrClF2NO3/c13-6-3-7(14)5-8(4-6)20-12-10(17(18)19)2-1-9(15)11(12)16/h1-5H. The van der Waals surface area contributed by atoms with Crippen LogP contribution in [0.5, 0.6) is 11.5 Å². The number of ether oxygens (including phenoxy) is 1. The van der Waals surface area contributed by atoms with Gasteiger partial charge < -0.3 is 4.74 Å². The topological polar surface area (TPSA) is 52.4 Å². The van der Waals surface area contributed by atoms with Crippen LogP contribution in [0.15, 0.2) is 34.8 Å². The highest BCUT2D eigenvalue weighted by atomic mass is 79.9. The lowest BCUT2D eigenvalue weighted by Gasteiger charge is -2.08. The molecule has 2 aromatic rings. The number of nitro benzene ring substituents is 1. The Morgan fingerprint density at radius 1 is 1.25 bits per heavy atom. The number of nitro groups is 1. The smallest absolute Gasteiger partial charge is 0.314 e. The molecule has 0 saturated carbocycles. The maximum atomic E-state index is 13.7. The Morgan fingerprint density at radius 3 is 2.55 bits per heavy atom. The van der Waals surface area contributed by atoms with Crippen molar-refractivity contribution in [2.24, 2.45) is 0 Å². The van der Waals surface area contributed by atoms with Crippen LogP contribution in [0.3, 0.4) is 0 Å². The molecule has 0 aromatic heterocycles. The van der Waals surface area contributed by atoms with Crippen LogP contribution in [0.2, 0.25) is 5.02 Å². The van der Waals surface area contributed by atoms with E-state index >= 15 is 0 Å². The molecule has 0 aliphatic rings. The van der Waals surface area contributed by atoms with Crippen LogP contribution in [-0.2, 0) is 0 Å². The van der Waals surface area contributed by atoms with Gasteiger partial charge >= 0.3 is 5.69 Å². The first-order valence-electron chi connectivity index (χ1n) is 5.15. The molecule has 2 aromatic carbocycles. The fourth-order valence-corrected chi connectivity index (χ4v) is 2.30. The summed E-state index contributed by atoms with van der Waals surface area (Å²) in [6.45, 7) is 0. The van der Waals surface area contributed by atoms with E-state index in [-0.39, 0.29) is 10.8 Å². The predicted octanol–water partition coefficient (Wildman–Crippen LogP) is 5.08. The quantitative estimate of drug-likeness (QED) is 0.563. The summed E-state index contributed by atoms with van der Waals surface area (Å²) in [6, 6.07) is 5.77. The van der Waals surface area contributed by atoms with Crippen LogP contribution >= 0.6 is 27.5 Å². The van der Waals surface area contributed by atoms with E-state index < -0.39 is 28.0 Å². The van der Waals surface area contributed by atoms with Gasteiger partial charge in [0.2, 0.25) is 11.6 Å². The van der Waals surface area contributed by atoms with E-state index in [1.807, 2.05) is 0 Å². The van der Waals surface area contributed by atoms with Gasteiger partial charge in [-0.05, 0) is 24.3 Å². The molecule has 0 saturated heterocycles. The Morgan fingerprint density at radius 2 is 1.95 bits per heavy atom. The van der Waals surface area contributed by atoms with Crippen molar-refractivity contribution in [2.45, 2.75) is 0 Å². The summed E-state index contributed by atoms with van der Waals surface area (Å²) in [5.74, 6) is -3.44. The summed E-state index contributed by atoms with van der Waals surface area (Å²) in [4.78, 5) is 9.95. The molecule has 0 bridgehead atoms. The molecule has 0 aliphatic carbocycles. The maximum absolute atomic E-state index is 13.7. The molecule has 2 rings (SSSR count). The normalized spacial score (nSPS) is 10.4. The Kier molecular flexibility index (Phi) is 4.20. The monoisotopic (exact) mass is 363 g/mol. The van der Waals surface area contributed by atoms with E-state index in [0.29, 0.717) is 10.5 Å². The number of hydrogen-bond donors (Lipinski definition) is 0. The van der Waals surface area contributed by atoms with Crippen molar-refractivity contribution in [3.8, 4) is 11.5 Å².